The number of hydrogen-bond donors (Lipinski definition) is 3. The molecule has 0 saturated carbocycles. The number of rotatable bonds is 4. The summed E-state index contributed by atoms with van der Waals surface area (Å²) in [5.41, 5.74) is -0.121. The standard InChI is InChI=1S/C10H9ClFNO4/c11-8-5(2-1-3-6(8)12)9(15)13-4-7(14)10(16)17/h1-3,7,14H,4H2,(H,13,15)(H,16,17)/t7-/m0/s1. The number of carbonyl (C=O) groups excluding carboxylic acids is 1. The lowest BCUT2D eigenvalue weighted by Crippen LogP contribution is -2.36. The lowest BCUT2D eigenvalue weighted by molar-refractivity contribution is -0.146. The van der Waals surface area contributed by atoms with Gasteiger partial charge in [-0.15, -0.1) is 0 Å². The van der Waals surface area contributed by atoms with Gasteiger partial charge in [0, 0.05) is 0 Å². The molecule has 5 nitrogen and oxygen atoms in total. The van der Waals surface area contributed by atoms with Crippen LogP contribution in [0.25, 0.3) is 0 Å². The highest BCUT2D eigenvalue weighted by Gasteiger charge is 2.17. The fourth-order valence-corrected chi connectivity index (χ4v) is 1.26. The van der Waals surface area contributed by atoms with Gasteiger partial charge in [0.1, 0.15) is 5.82 Å². The predicted octanol–water partition coefficient (Wildman–Crippen LogP) is 0.654. The first-order valence-electron chi connectivity index (χ1n) is 4.56. The first-order chi connectivity index (χ1) is 7.93. The minimum atomic E-state index is -1.72. The quantitative estimate of drug-likeness (QED) is 0.743. The monoisotopic (exact) mass is 261 g/mol. The van der Waals surface area contributed by atoms with Crippen LogP contribution in [0, 0.1) is 5.82 Å². The molecule has 0 unspecified atom stereocenters. The van der Waals surface area contributed by atoms with E-state index in [0.717, 1.165) is 6.07 Å². The summed E-state index contributed by atoms with van der Waals surface area (Å²) < 4.78 is 13.0. The average molecular weight is 262 g/mol. The van der Waals surface area contributed by atoms with E-state index in [2.05, 4.69) is 5.32 Å². The molecule has 1 rings (SSSR count). The number of aliphatic carboxylic acids is 1. The van der Waals surface area contributed by atoms with Crippen molar-refractivity contribution in [1.29, 1.82) is 0 Å². The van der Waals surface area contributed by atoms with Gasteiger partial charge in [0.15, 0.2) is 6.10 Å². The van der Waals surface area contributed by atoms with Gasteiger partial charge in [-0.3, -0.25) is 4.79 Å². The Morgan fingerprint density at radius 3 is 2.71 bits per heavy atom. The lowest BCUT2D eigenvalue weighted by atomic mass is 10.2. The van der Waals surface area contributed by atoms with E-state index in [1.807, 2.05) is 0 Å². The van der Waals surface area contributed by atoms with Crippen LogP contribution >= 0.6 is 11.6 Å². The molecule has 92 valence electrons. The molecule has 0 heterocycles. The second-order valence-corrected chi connectivity index (χ2v) is 3.54. The molecule has 3 N–H and O–H groups in total. The van der Waals surface area contributed by atoms with Crippen LogP contribution in [0.15, 0.2) is 18.2 Å². The molecule has 1 amide bonds. The molecule has 1 atom stereocenters. The van der Waals surface area contributed by atoms with Crippen molar-refractivity contribution in [3.8, 4) is 0 Å². The zero-order chi connectivity index (χ0) is 13.0. The van der Waals surface area contributed by atoms with Gasteiger partial charge in [0.25, 0.3) is 5.91 Å². The Bertz CT molecular complexity index is 452. The van der Waals surface area contributed by atoms with E-state index in [9.17, 15) is 14.0 Å². The molecule has 0 aromatic heterocycles. The highest BCUT2D eigenvalue weighted by Crippen LogP contribution is 2.19. The van der Waals surface area contributed by atoms with Gasteiger partial charge in [-0.1, -0.05) is 17.7 Å². The molecule has 0 spiro atoms. The Hall–Kier alpha value is -1.66. The number of amides is 1. The van der Waals surface area contributed by atoms with Gasteiger partial charge in [-0.25, -0.2) is 9.18 Å². The molecule has 0 fully saturated rings. The van der Waals surface area contributed by atoms with Crippen molar-refractivity contribution in [2.75, 3.05) is 6.54 Å². The number of nitrogens with one attached hydrogen (secondary N) is 1. The van der Waals surface area contributed by atoms with E-state index < -0.39 is 30.3 Å². The van der Waals surface area contributed by atoms with Crippen molar-refractivity contribution in [3.63, 3.8) is 0 Å². The minimum Gasteiger partial charge on any atom is -0.479 e. The third kappa shape index (κ3) is 3.40. The third-order valence-corrected chi connectivity index (χ3v) is 2.32. The zero-order valence-electron chi connectivity index (χ0n) is 8.48. The maximum Gasteiger partial charge on any atom is 0.334 e. The second kappa shape index (κ2) is 5.60. The number of carboxylic acid groups (broad SMARTS) is 1. The van der Waals surface area contributed by atoms with E-state index in [1.54, 1.807) is 0 Å². The first-order valence-corrected chi connectivity index (χ1v) is 4.94. The molecule has 0 radical (unpaired) electrons. The van der Waals surface area contributed by atoms with Crippen molar-refractivity contribution < 1.29 is 24.2 Å². The van der Waals surface area contributed by atoms with Gasteiger partial charge in [0.2, 0.25) is 0 Å². The summed E-state index contributed by atoms with van der Waals surface area (Å²) >= 11 is 5.55. The maximum atomic E-state index is 13.0. The summed E-state index contributed by atoms with van der Waals surface area (Å²) in [6.45, 7) is -0.485. The largest absolute Gasteiger partial charge is 0.479 e. The third-order valence-electron chi connectivity index (χ3n) is 1.94. The van der Waals surface area contributed by atoms with E-state index in [-0.39, 0.29) is 10.6 Å². The highest BCUT2D eigenvalue weighted by atomic mass is 35.5. The molecular formula is C10H9ClFNO4. The van der Waals surface area contributed by atoms with Crippen molar-refractivity contribution >= 4 is 23.5 Å². The second-order valence-electron chi connectivity index (χ2n) is 3.17. The molecular weight excluding hydrogens is 253 g/mol. The Morgan fingerprint density at radius 2 is 2.12 bits per heavy atom. The molecule has 1 aromatic rings. The Labute approximate surface area is 101 Å². The minimum absolute atomic E-state index is 0.121. The molecule has 0 aliphatic heterocycles. The molecule has 7 heteroatoms. The van der Waals surface area contributed by atoms with E-state index >= 15 is 0 Å². The topological polar surface area (TPSA) is 86.6 Å². The predicted molar refractivity (Wildman–Crippen MR) is 57.4 cm³/mol. The zero-order valence-corrected chi connectivity index (χ0v) is 9.24. The number of hydrogen-bond acceptors (Lipinski definition) is 3. The SMILES string of the molecule is O=C(NC[C@H](O)C(=O)O)c1cccc(F)c1Cl. The molecule has 0 saturated heterocycles. The van der Waals surface area contributed by atoms with Crippen LogP contribution in [-0.2, 0) is 4.79 Å². The van der Waals surface area contributed by atoms with E-state index in [4.69, 9.17) is 21.8 Å². The Morgan fingerprint density at radius 1 is 1.47 bits per heavy atom. The summed E-state index contributed by atoms with van der Waals surface area (Å²) in [6, 6.07) is 3.67. The molecule has 17 heavy (non-hydrogen) atoms. The van der Waals surface area contributed by atoms with Crippen molar-refractivity contribution in [3.05, 3.63) is 34.6 Å². The Kier molecular flexibility index (Phi) is 4.42. The van der Waals surface area contributed by atoms with Crippen molar-refractivity contribution in [2.45, 2.75) is 6.10 Å². The van der Waals surface area contributed by atoms with Crippen LogP contribution in [0.4, 0.5) is 4.39 Å². The van der Waals surface area contributed by atoms with Gasteiger partial charge in [-0.2, -0.15) is 0 Å². The highest BCUT2D eigenvalue weighted by molar-refractivity contribution is 6.34. The van der Waals surface area contributed by atoms with Crippen LogP contribution in [0.5, 0.6) is 0 Å². The van der Waals surface area contributed by atoms with E-state index in [0.29, 0.717) is 0 Å². The van der Waals surface area contributed by atoms with Crippen LogP contribution in [-0.4, -0.2) is 34.7 Å². The van der Waals surface area contributed by atoms with Gasteiger partial charge in [-0.05, 0) is 12.1 Å². The molecule has 0 aliphatic carbocycles. The fourth-order valence-electron chi connectivity index (χ4n) is 1.05. The normalized spacial score (nSPS) is 11.9. The number of aliphatic hydroxyl groups is 1. The summed E-state index contributed by atoms with van der Waals surface area (Å²) in [5, 5.41) is 19.1. The summed E-state index contributed by atoms with van der Waals surface area (Å²) in [4.78, 5) is 21.8. The lowest BCUT2D eigenvalue weighted by Gasteiger charge is -2.08. The average Bonchev–Trinajstić information content (AvgIpc) is 2.29. The van der Waals surface area contributed by atoms with Gasteiger partial charge >= 0.3 is 5.97 Å². The fraction of sp³-hybridized carbons (Fsp3) is 0.200. The smallest absolute Gasteiger partial charge is 0.334 e. The van der Waals surface area contributed by atoms with Crippen LogP contribution in [0.2, 0.25) is 5.02 Å². The first kappa shape index (κ1) is 13.4. The summed E-state index contributed by atoms with van der Waals surface area (Å²) in [5.74, 6) is -2.97. The maximum absolute atomic E-state index is 13.0. The van der Waals surface area contributed by atoms with Gasteiger partial charge in [0.05, 0.1) is 17.1 Å². The molecule has 0 bridgehead atoms. The van der Waals surface area contributed by atoms with Crippen molar-refractivity contribution in [1.82, 2.24) is 5.32 Å². The summed E-state index contributed by atoms with van der Waals surface area (Å²) in [7, 11) is 0. The van der Waals surface area contributed by atoms with Crippen molar-refractivity contribution in [2.24, 2.45) is 0 Å². The van der Waals surface area contributed by atoms with E-state index in [1.165, 1.54) is 12.1 Å². The molecule has 1 aromatic carbocycles. The van der Waals surface area contributed by atoms with Gasteiger partial charge < -0.3 is 15.5 Å². The number of carbonyl (C=O) groups is 2. The number of benzene rings is 1. The summed E-state index contributed by atoms with van der Waals surface area (Å²) in [6.07, 6.45) is -1.72. The number of aliphatic hydroxyl groups excluding tert-OH is 1. The number of halogens is 2. The van der Waals surface area contributed by atoms with Crippen LogP contribution in [0.3, 0.4) is 0 Å². The number of carboxylic acids is 1. The van der Waals surface area contributed by atoms with Crippen LogP contribution in [0.1, 0.15) is 10.4 Å². The Balaban J connectivity index is 2.71. The molecule has 0 aliphatic rings. The van der Waals surface area contributed by atoms with Crippen LogP contribution < -0.4 is 5.32 Å².